The molecular weight excluding hydrogens is 426 g/mol. The molecule has 1 aliphatic heterocycles. The fourth-order valence-electron chi connectivity index (χ4n) is 3.00. The number of nitrogens with zero attached hydrogens (tertiary/aromatic N) is 5. The highest BCUT2D eigenvalue weighted by molar-refractivity contribution is 7.79. The van der Waals surface area contributed by atoms with E-state index in [-0.39, 0.29) is 5.82 Å². The van der Waals surface area contributed by atoms with Gasteiger partial charge in [0.25, 0.3) is 0 Å². The average Bonchev–Trinajstić information content (AvgIpc) is 3.10. The van der Waals surface area contributed by atoms with E-state index in [0.717, 1.165) is 0 Å². The number of aliphatic hydroxyl groups excluding tert-OH is 2. The van der Waals surface area contributed by atoms with Crippen molar-refractivity contribution in [2.45, 2.75) is 31.5 Å². The van der Waals surface area contributed by atoms with Crippen molar-refractivity contribution in [1.82, 2.24) is 29.7 Å². The molecule has 16 heteroatoms. The lowest BCUT2D eigenvalue weighted by molar-refractivity contribution is -0.110. The maximum Gasteiger partial charge on any atom is 0.394 e. The number of nitrogen functional groups attached to an aromatic ring is 1. The van der Waals surface area contributed by atoms with Crippen LogP contribution in [-0.4, -0.2) is 97.1 Å². The number of carbonyl (C=O) groups is 1. The lowest BCUT2D eigenvalue weighted by atomic mass is 10.1. The fourth-order valence-corrected chi connectivity index (χ4v) is 3.00. The number of nitrogens with two attached hydrogens (primary N) is 1. The van der Waals surface area contributed by atoms with Gasteiger partial charge in [-0.15, -0.1) is 0 Å². The van der Waals surface area contributed by atoms with Gasteiger partial charge in [-0.2, -0.15) is 8.42 Å². The normalized spacial score (nSPS) is 24.0. The molecular formula is C14H23N7O8S. The van der Waals surface area contributed by atoms with Crippen LogP contribution in [0.5, 0.6) is 0 Å². The number of imidazole rings is 1. The molecule has 7 N–H and O–H groups in total. The standard InChI is InChI=1S/C14H21N7O4.H2O4S/c1-7-19-9-12(15)17-4-18-13(9)21(7)14-11(24)10(23)8(25-14)3-20(2)5-16-6-22;1-5(2,3)4/h4,6,8,10-11,14,23-24H,3,5H2,1-2H3,(H,16,22)(H2,15,17,18);(H2,1,2,3,4)/t8-,10?,11?,14-;/m1./s1. The van der Waals surface area contributed by atoms with Crippen molar-refractivity contribution in [3.8, 4) is 0 Å². The van der Waals surface area contributed by atoms with E-state index in [2.05, 4.69) is 20.3 Å². The molecule has 0 radical (unpaired) electrons. The van der Waals surface area contributed by atoms with Crippen LogP contribution >= 0.6 is 0 Å². The van der Waals surface area contributed by atoms with Crippen molar-refractivity contribution in [2.75, 3.05) is 26.0 Å². The Morgan fingerprint density at radius 3 is 2.57 bits per heavy atom. The van der Waals surface area contributed by atoms with E-state index in [0.29, 0.717) is 36.6 Å². The smallest absolute Gasteiger partial charge is 0.387 e. The molecule has 15 nitrogen and oxygen atoms in total. The third kappa shape index (κ3) is 5.79. The topological polar surface area (TPSA) is 226 Å². The zero-order chi connectivity index (χ0) is 22.6. The second-order valence-electron chi connectivity index (χ2n) is 6.47. The second kappa shape index (κ2) is 9.56. The third-order valence-electron chi connectivity index (χ3n) is 4.21. The quantitative estimate of drug-likeness (QED) is 0.150. The van der Waals surface area contributed by atoms with E-state index in [1.54, 1.807) is 23.4 Å². The number of aromatic nitrogens is 4. The molecule has 0 spiro atoms. The van der Waals surface area contributed by atoms with Crippen molar-refractivity contribution in [1.29, 1.82) is 0 Å². The second-order valence-corrected chi connectivity index (χ2v) is 7.37. The van der Waals surface area contributed by atoms with Crippen molar-refractivity contribution in [3.63, 3.8) is 0 Å². The summed E-state index contributed by atoms with van der Waals surface area (Å²) in [6, 6.07) is 0. The van der Waals surface area contributed by atoms with Crippen LogP contribution in [0.3, 0.4) is 0 Å². The Morgan fingerprint density at radius 1 is 1.33 bits per heavy atom. The van der Waals surface area contributed by atoms with Gasteiger partial charge >= 0.3 is 10.4 Å². The fraction of sp³-hybridized carbons (Fsp3) is 0.571. The first-order chi connectivity index (χ1) is 13.9. The van der Waals surface area contributed by atoms with Crippen molar-refractivity contribution >= 4 is 33.8 Å². The summed E-state index contributed by atoms with van der Waals surface area (Å²) in [4.78, 5) is 24.5. The van der Waals surface area contributed by atoms with E-state index in [1.807, 2.05) is 0 Å². The first kappa shape index (κ1) is 23.8. The van der Waals surface area contributed by atoms with Gasteiger partial charge in [0.2, 0.25) is 6.41 Å². The number of amides is 1. The molecule has 1 fully saturated rings. The predicted molar refractivity (Wildman–Crippen MR) is 101 cm³/mol. The molecule has 2 aromatic rings. The Kier molecular flexibility index (Phi) is 7.59. The van der Waals surface area contributed by atoms with Gasteiger partial charge in [0.05, 0.1) is 6.67 Å². The zero-order valence-electron chi connectivity index (χ0n) is 16.0. The number of carbonyl (C=O) groups excluding carboxylic acids is 1. The SMILES string of the molecule is Cc1nc2c(N)ncnc2n1[C@@H]1O[C@H](CN(C)CNC=O)C(O)C1O.O=S(=O)(O)O. The van der Waals surface area contributed by atoms with E-state index in [9.17, 15) is 15.0 Å². The van der Waals surface area contributed by atoms with Crippen molar-refractivity contribution in [2.24, 2.45) is 0 Å². The third-order valence-corrected chi connectivity index (χ3v) is 4.21. The van der Waals surface area contributed by atoms with Gasteiger partial charge in [0.15, 0.2) is 23.2 Å². The Labute approximate surface area is 171 Å². The summed E-state index contributed by atoms with van der Waals surface area (Å²) in [5.74, 6) is 0.770. The Morgan fingerprint density at radius 2 is 1.97 bits per heavy atom. The largest absolute Gasteiger partial charge is 0.394 e. The van der Waals surface area contributed by atoms with E-state index < -0.39 is 34.9 Å². The number of rotatable bonds is 6. The molecule has 3 heterocycles. The van der Waals surface area contributed by atoms with Crippen molar-refractivity contribution in [3.05, 3.63) is 12.2 Å². The minimum Gasteiger partial charge on any atom is -0.387 e. The number of anilines is 1. The van der Waals surface area contributed by atoms with Gasteiger partial charge in [-0.1, -0.05) is 0 Å². The molecule has 1 aliphatic rings. The number of likely N-dealkylation sites (N-methyl/N-ethyl adjacent to an activating group) is 1. The molecule has 2 unspecified atom stereocenters. The zero-order valence-corrected chi connectivity index (χ0v) is 16.8. The Bertz CT molecular complexity index is 976. The van der Waals surface area contributed by atoms with Gasteiger partial charge < -0.3 is 26.0 Å². The van der Waals surface area contributed by atoms with E-state index >= 15 is 0 Å². The highest BCUT2D eigenvalue weighted by atomic mass is 32.3. The molecule has 2 aromatic heterocycles. The summed E-state index contributed by atoms with van der Waals surface area (Å²) in [5.41, 5.74) is 6.66. The summed E-state index contributed by atoms with van der Waals surface area (Å²) < 4.78 is 39.1. The summed E-state index contributed by atoms with van der Waals surface area (Å²) in [5, 5.41) is 23.3. The molecule has 0 bridgehead atoms. The van der Waals surface area contributed by atoms with Gasteiger partial charge in [0, 0.05) is 6.54 Å². The maximum absolute atomic E-state index is 10.5. The minimum absolute atomic E-state index is 0.233. The van der Waals surface area contributed by atoms with Gasteiger partial charge in [0.1, 0.15) is 30.5 Å². The van der Waals surface area contributed by atoms with E-state index in [1.165, 1.54) is 6.33 Å². The van der Waals surface area contributed by atoms with E-state index in [4.69, 9.17) is 28.0 Å². The van der Waals surface area contributed by atoms with Gasteiger partial charge in [-0.25, -0.2) is 15.0 Å². The number of aliphatic hydroxyl groups is 2. The number of hydrogen-bond donors (Lipinski definition) is 6. The first-order valence-electron chi connectivity index (χ1n) is 8.46. The monoisotopic (exact) mass is 449 g/mol. The van der Waals surface area contributed by atoms with Gasteiger partial charge in [-0.3, -0.25) is 23.4 Å². The Balaban J connectivity index is 0.000000575. The molecule has 1 saturated heterocycles. The number of nitrogens with one attached hydrogen (secondary N) is 1. The predicted octanol–water partition coefficient (Wildman–Crippen LogP) is -2.68. The average molecular weight is 449 g/mol. The van der Waals surface area contributed by atoms with Crippen LogP contribution in [0.25, 0.3) is 11.2 Å². The number of ether oxygens (including phenoxy) is 1. The molecule has 168 valence electrons. The molecule has 0 aliphatic carbocycles. The van der Waals surface area contributed by atoms with Gasteiger partial charge in [-0.05, 0) is 14.0 Å². The molecule has 3 rings (SSSR count). The summed E-state index contributed by atoms with van der Waals surface area (Å²) in [6.45, 7) is 2.35. The summed E-state index contributed by atoms with van der Waals surface area (Å²) >= 11 is 0. The summed E-state index contributed by atoms with van der Waals surface area (Å²) in [7, 11) is -2.90. The molecule has 0 aromatic carbocycles. The van der Waals surface area contributed by atoms with Crippen LogP contribution in [0.4, 0.5) is 5.82 Å². The van der Waals surface area contributed by atoms with Crippen LogP contribution in [0, 0.1) is 6.92 Å². The van der Waals surface area contributed by atoms with Crippen LogP contribution < -0.4 is 11.1 Å². The molecule has 0 saturated carbocycles. The number of aryl methyl sites for hydroxylation is 1. The van der Waals surface area contributed by atoms with Crippen LogP contribution in [0.15, 0.2) is 6.33 Å². The van der Waals surface area contributed by atoms with Crippen LogP contribution in [0.1, 0.15) is 12.1 Å². The minimum atomic E-state index is -4.67. The highest BCUT2D eigenvalue weighted by Crippen LogP contribution is 2.33. The van der Waals surface area contributed by atoms with Crippen molar-refractivity contribution < 1.29 is 37.3 Å². The molecule has 4 atom stereocenters. The van der Waals surface area contributed by atoms with Crippen LogP contribution in [-0.2, 0) is 19.9 Å². The number of fused-ring (bicyclic) bond motifs is 1. The lowest BCUT2D eigenvalue weighted by Crippen LogP contribution is -2.41. The summed E-state index contributed by atoms with van der Waals surface area (Å²) in [6.07, 6.45) is -1.86. The number of hydrogen-bond acceptors (Lipinski definition) is 11. The lowest BCUT2D eigenvalue weighted by Gasteiger charge is -2.22. The molecule has 1 amide bonds. The van der Waals surface area contributed by atoms with Crippen LogP contribution in [0.2, 0.25) is 0 Å². The molecule has 30 heavy (non-hydrogen) atoms. The maximum atomic E-state index is 10.5. The first-order valence-corrected chi connectivity index (χ1v) is 9.85. The highest BCUT2D eigenvalue weighted by Gasteiger charge is 2.45. The Hall–Kier alpha value is -2.47.